The number of nitrogens with one attached hydrogen (secondary N) is 1. The zero-order valence-corrected chi connectivity index (χ0v) is 13.5. The third-order valence-corrected chi connectivity index (χ3v) is 4.01. The molecule has 0 amide bonds. The number of rotatable bonds is 8. The van der Waals surface area contributed by atoms with Crippen LogP contribution in [0.5, 0.6) is 0 Å². The van der Waals surface area contributed by atoms with Crippen molar-refractivity contribution in [1.82, 2.24) is 20.0 Å². The van der Waals surface area contributed by atoms with Crippen molar-refractivity contribution >= 4 is 11.6 Å². The number of likely N-dealkylation sites (N-methyl/N-ethyl adjacent to an activating group) is 1. The Hall–Kier alpha value is -0.580. The fourth-order valence-corrected chi connectivity index (χ4v) is 2.77. The van der Waals surface area contributed by atoms with Crippen molar-refractivity contribution in [1.29, 1.82) is 0 Å². The van der Waals surface area contributed by atoms with Crippen LogP contribution in [0.25, 0.3) is 0 Å². The summed E-state index contributed by atoms with van der Waals surface area (Å²) in [6.45, 7) is 6.29. The van der Waals surface area contributed by atoms with Gasteiger partial charge in [-0.25, -0.2) is 0 Å². The van der Waals surface area contributed by atoms with Gasteiger partial charge in [0.25, 0.3) is 0 Å². The molecular weight excluding hydrogens is 260 g/mol. The molecule has 1 rings (SSSR count). The molecule has 1 unspecified atom stereocenters. The maximum Gasteiger partial charge on any atom is 0.0834 e. The summed E-state index contributed by atoms with van der Waals surface area (Å²) >= 11 is 6.35. The molecule has 0 aromatic carbocycles. The molecule has 0 aliphatic carbocycles. The van der Waals surface area contributed by atoms with Crippen LogP contribution in [-0.2, 0) is 6.54 Å². The van der Waals surface area contributed by atoms with Gasteiger partial charge in [0.15, 0.2) is 0 Å². The number of nitrogens with zero attached hydrogens (tertiary/aromatic N) is 3. The number of halogens is 1. The fraction of sp³-hybridized carbons (Fsp3) is 0.786. The Morgan fingerprint density at radius 2 is 2.00 bits per heavy atom. The Balaban J connectivity index is 2.98. The van der Waals surface area contributed by atoms with Gasteiger partial charge < -0.3 is 10.2 Å². The van der Waals surface area contributed by atoms with Gasteiger partial charge in [-0.3, -0.25) is 4.68 Å². The van der Waals surface area contributed by atoms with Crippen LogP contribution in [0.2, 0.25) is 5.02 Å². The lowest BCUT2D eigenvalue weighted by Gasteiger charge is -2.26. The van der Waals surface area contributed by atoms with Gasteiger partial charge >= 0.3 is 0 Å². The Bertz CT molecular complexity index is 372. The maximum absolute atomic E-state index is 6.35. The second kappa shape index (κ2) is 7.88. The highest BCUT2D eigenvalue weighted by atomic mass is 35.5. The second-order valence-electron chi connectivity index (χ2n) is 5.25. The van der Waals surface area contributed by atoms with E-state index < -0.39 is 0 Å². The van der Waals surface area contributed by atoms with Crippen LogP contribution in [0.1, 0.15) is 38.4 Å². The molecule has 0 saturated heterocycles. The summed E-state index contributed by atoms with van der Waals surface area (Å²) in [6.07, 6.45) is 4.04. The highest BCUT2D eigenvalue weighted by Crippen LogP contribution is 2.31. The minimum atomic E-state index is 0.271. The maximum atomic E-state index is 6.35. The SMILES string of the molecule is CCC(CC)C(NC)c1c(Cl)cnn1CCN(C)C. The summed E-state index contributed by atoms with van der Waals surface area (Å²) < 4.78 is 2.04. The zero-order valence-electron chi connectivity index (χ0n) is 12.8. The number of hydrogen-bond acceptors (Lipinski definition) is 3. The molecule has 1 aromatic heterocycles. The predicted octanol–water partition coefficient (Wildman–Crippen LogP) is 2.79. The molecular formula is C14H27ClN4. The van der Waals surface area contributed by atoms with Gasteiger partial charge in [-0.05, 0) is 27.1 Å². The van der Waals surface area contributed by atoms with E-state index in [1.807, 2.05) is 11.7 Å². The van der Waals surface area contributed by atoms with Crippen LogP contribution in [0.3, 0.4) is 0 Å². The van der Waals surface area contributed by atoms with Crippen molar-refractivity contribution < 1.29 is 0 Å². The van der Waals surface area contributed by atoms with Gasteiger partial charge in [0.1, 0.15) is 0 Å². The zero-order chi connectivity index (χ0) is 14.4. The van der Waals surface area contributed by atoms with E-state index in [0.29, 0.717) is 5.92 Å². The van der Waals surface area contributed by atoms with E-state index in [9.17, 15) is 0 Å². The van der Waals surface area contributed by atoms with E-state index in [0.717, 1.165) is 36.6 Å². The average Bonchev–Trinajstić information content (AvgIpc) is 2.74. The highest BCUT2D eigenvalue weighted by molar-refractivity contribution is 6.31. The van der Waals surface area contributed by atoms with Crippen LogP contribution in [0, 0.1) is 5.92 Å². The molecule has 0 aliphatic rings. The summed E-state index contributed by atoms with van der Waals surface area (Å²) in [7, 11) is 6.14. The van der Waals surface area contributed by atoms with Crippen molar-refractivity contribution in [2.24, 2.45) is 5.92 Å². The molecule has 0 saturated carbocycles. The summed E-state index contributed by atoms with van der Waals surface area (Å²) in [6, 6.07) is 0.271. The molecule has 0 spiro atoms. The second-order valence-corrected chi connectivity index (χ2v) is 5.65. The van der Waals surface area contributed by atoms with Gasteiger partial charge in [-0.2, -0.15) is 5.10 Å². The third-order valence-electron chi connectivity index (χ3n) is 3.72. The topological polar surface area (TPSA) is 33.1 Å². The average molecular weight is 287 g/mol. The Morgan fingerprint density at radius 1 is 1.37 bits per heavy atom. The standard InChI is InChI=1S/C14H27ClN4/c1-6-11(7-2)13(16-3)14-12(15)10-17-19(14)9-8-18(4)5/h10-11,13,16H,6-9H2,1-5H3. The molecule has 0 radical (unpaired) electrons. The van der Waals surface area contributed by atoms with Crippen molar-refractivity contribution in [3.8, 4) is 0 Å². The van der Waals surface area contributed by atoms with Crippen molar-refractivity contribution in [3.05, 3.63) is 16.9 Å². The van der Waals surface area contributed by atoms with E-state index in [1.165, 1.54) is 0 Å². The van der Waals surface area contributed by atoms with Gasteiger partial charge in [-0.15, -0.1) is 0 Å². The molecule has 0 aliphatic heterocycles. The smallest absolute Gasteiger partial charge is 0.0834 e. The lowest BCUT2D eigenvalue weighted by atomic mass is 9.92. The normalized spacial score (nSPS) is 13.5. The lowest BCUT2D eigenvalue weighted by Crippen LogP contribution is -2.29. The first-order chi connectivity index (χ1) is 9.04. The molecule has 1 atom stereocenters. The molecule has 1 aromatic rings. The fourth-order valence-electron chi connectivity index (χ4n) is 2.51. The Labute approximate surface area is 122 Å². The monoisotopic (exact) mass is 286 g/mol. The van der Waals surface area contributed by atoms with Gasteiger partial charge in [0.05, 0.1) is 29.5 Å². The molecule has 19 heavy (non-hydrogen) atoms. The third kappa shape index (κ3) is 4.20. The van der Waals surface area contributed by atoms with Crippen molar-refractivity contribution in [3.63, 3.8) is 0 Å². The van der Waals surface area contributed by atoms with Crippen LogP contribution in [0.4, 0.5) is 0 Å². The van der Waals surface area contributed by atoms with Crippen molar-refractivity contribution in [2.45, 2.75) is 39.3 Å². The molecule has 0 fully saturated rings. The van der Waals surface area contributed by atoms with Gasteiger partial charge in [0.2, 0.25) is 0 Å². The lowest BCUT2D eigenvalue weighted by molar-refractivity contribution is 0.323. The minimum Gasteiger partial charge on any atom is -0.311 e. The summed E-state index contributed by atoms with van der Waals surface area (Å²) in [4.78, 5) is 2.16. The summed E-state index contributed by atoms with van der Waals surface area (Å²) in [5.41, 5.74) is 1.12. The molecule has 110 valence electrons. The van der Waals surface area contributed by atoms with E-state index >= 15 is 0 Å². The summed E-state index contributed by atoms with van der Waals surface area (Å²) in [5, 5.41) is 8.61. The molecule has 1 heterocycles. The van der Waals surface area contributed by atoms with Crippen LogP contribution < -0.4 is 5.32 Å². The van der Waals surface area contributed by atoms with Crippen LogP contribution in [0.15, 0.2) is 6.20 Å². The van der Waals surface area contributed by atoms with E-state index in [4.69, 9.17) is 11.6 Å². The first-order valence-electron chi connectivity index (χ1n) is 7.08. The largest absolute Gasteiger partial charge is 0.311 e. The highest BCUT2D eigenvalue weighted by Gasteiger charge is 2.25. The van der Waals surface area contributed by atoms with E-state index in [1.54, 1.807) is 6.20 Å². The van der Waals surface area contributed by atoms with E-state index in [-0.39, 0.29) is 6.04 Å². The predicted molar refractivity (Wildman–Crippen MR) is 81.7 cm³/mol. The first-order valence-corrected chi connectivity index (χ1v) is 7.46. The van der Waals surface area contributed by atoms with Crippen LogP contribution in [-0.4, -0.2) is 42.4 Å². The van der Waals surface area contributed by atoms with Crippen molar-refractivity contribution in [2.75, 3.05) is 27.7 Å². The molecule has 4 nitrogen and oxygen atoms in total. The molecule has 0 bridgehead atoms. The van der Waals surface area contributed by atoms with Gasteiger partial charge in [0, 0.05) is 6.54 Å². The Kier molecular flexibility index (Phi) is 6.83. The Morgan fingerprint density at radius 3 is 2.47 bits per heavy atom. The first kappa shape index (κ1) is 16.5. The number of aromatic nitrogens is 2. The minimum absolute atomic E-state index is 0.271. The quantitative estimate of drug-likeness (QED) is 0.798. The van der Waals surface area contributed by atoms with Crippen LogP contribution >= 0.6 is 11.6 Å². The summed E-state index contributed by atoms with van der Waals surface area (Å²) in [5.74, 6) is 0.581. The van der Waals surface area contributed by atoms with E-state index in [2.05, 4.69) is 43.3 Å². The number of hydrogen-bond donors (Lipinski definition) is 1. The molecule has 1 N–H and O–H groups in total. The molecule has 5 heteroatoms. The van der Waals surface area contributed by atoms with Gasteiger partial charge in [-0.1, -0.05) is 38.3 Å².